The van der Waals surface area contributed by atoms with Gasteiger partial charge in [-0.2, -0.15) is 13.2 Å². The van der Waals surface area contributed by atoms with Crippen LogP contribution in [0.25, 0.3) is 0 Å². The van der Waals surface area contributed by atoms with Gasteiger partial charge in [0.25, 0.3) is 5.91 Å². The first-order chi connectivity index (χ1) is 16.7. The molecule has 3 N–H and O–H groups in total. The van der Waals surface area contributed by atoms with E-state index in [0.29, 0.717) is 12.0 Å². The lowest BCUT2D eigenvalue weighted by molar-refractivity contribution is -0.137. The molecule has 1 heterocycles. The van der Waals surface area contributed by atoms with Crippen molar-refractivity contribution in [2.75, 3.05) is 19.6 Å². The number of hydrogen-bond acceptors (Lipinski definition) is 4. The second kappa shape index (κ2) is 10.7. The van der Waals surface area contributed by atoms with Crippen LogP contribution in [0.4, 0.5) is 13.2 Å². The molecule has 0 spiro atoms. The van der Waals surface area contributed by atoms with Crippen LogP contribution in [0.1, 0.15) is 59.5 Å². The van der Waals surface area contributed by atoms with Gasteiger partial charge in [0.2, 0.25) is 5.91 Å². The molecule has 1 aliphatic heterocycles. The zero-order chi connectivity index (χ0) is 25.0. The highest BCUT2D eigenvalue weighted by Crippen LogP contribution is 2.36. The fourth-order valence-electron chi connectivity index (χ4n) is 5.14. The van der Waals surface area contributed by atoms with Crippen molar-refractivity contribution in [1.29, 1.82) is 0 Å². The lowest BCUT2D eigenvalue weighted by atomic mass is 9.81. The van der Waals surface area contributed by atoms with Crippen LogP contribution in [-0.2, 0) is 11.0 Å². The summed E-state index contributed by atoms with van der Waals surface area (Å²) in [5.41, 5.74) is 0.223. The zero-order valence-corrected chi connectivity index (χ0v) is 19.4. The molecule has 188 valence electrons. The summed E-state index contributed by atoms with van der Waals surface area (Å²) in [6.07, 6.45) is 0.631. The van der Waals surface area contributed by atoms with Gasteiger partial charge >= 0.3 is 6.18 Å². The summed E-state index contributed by atoms with van der Waals surface area (Å²) in [4.78, 5) is 26.9. The molecule has 1 saturated carbocycles. The molecule has 0 unspecified atom stereocenters. The van der Waals surface area contributed by atoms with Gasteiger partial charge in [-0.25, -0.2) is 0 Å². The minimum Gasteiger partial charge on any atom is -0.508 e. The van der Waals surface area contributed by atoms with Gasteiger partial charge in [-0.1, -0.05) is 18.2 Å². The highest BCUT2D eigenvalue weighted by molar-refractivity contribution is 5.96. The molecule has 2 aromatic rings. The Balaban J connectivity index is 1.19. The average molecular weight is 490 g/mol. The first-order valence-electron chi connectivity index (χ1n) is 12.0. The SMILES string of the molecule is O=C(CNC(=O)c1cccc(C(F)(F)F)c1)N[C@@H]1CCN(C2CCC(c3ccc(O)cc3)CC2)C1. The van der Waals surface area contributed by atoms with Crippen LogP contribution in [0.5, 0.6) is 5.75 Å². The molecule has 1 saturated heterocycles. The number of rotatable bonds is 6. The number of benzene rings is 2. The normalized spacial score (nSPS) is 23.1. The molecular formula is C26H30F3N3O3. The molecule has 0 bridgehead atoms. The van der Waals surface area contributed by atoms with Crippen LogP contribution in [0.2, 0.25) is 0 Å². The molecule has 1 atom stereocenters. The molecule has 1 aliphatic carbocycles. The van der Waals surface area contributed by atoms with Crippen LogP contribution < -0.4 is 10.6 Å². The average Bonchev–Trinajstić information content (AvgIpc) is 3.31. The molecule has 35 heavy (non-hydrogen) atoms. The van der Waals surface area contributed by atoms with Crippen LogP contribution >= 0.6 is 0 Å². The second-order valence-corrected chi connectivity index (χ2v) is 9.41. The summed E-state index contributed by atoms with van der Waals surface area (Å²) < 4.78 is 38.5. The summed E-state index contributed by atoms with van der Waals surface area (Å²) in [6.45, 7) is 1.36. The Morgan fingerprint density at radius 2 is 1.71 bits per heavy atom. The van der Waals surface area contributed by atoms with Crippen LogP contribution in [0, 0.1) is 0 Å². The van der Waals surface area contributed by atoms with Gasteiger partial charge in [0.05, 0.1) is 12.1 Å². The molecule has 2 amide bonds. The first-order valence-corrected chi connectivity index (χ1v) is 12.0. The Kier molecular flexibility index (Phi) is 7.64. The van der Waals surface area contributed by atoms with E-state index in [1.807, 2.05) is 12.1 Å². The van der Waals surface area contributed by atoms with Crippen molar-refractivity contribution >= 4 is 11.8 Å². The van der Waals surface area contributed by atoms with E-state index in [1.165, 1.54) is 17.7 Å². The number of carbonyl (C=O) groups is 2. The summed E-state index contributed by atoms with van der Waals surface area (Å²) in [5.74, 6) is -0.286. The maximum Gasteiger partial charge on any atom is 0.416 e. The fraction of sp³-hybridized carbons (Fsp3) is 0.462. The van der Waals surface area contributed by atoms with Crippen molar-refractivity contribution in [3.63, 3.8) is 0 Å². The molecule has 2 aliphatic rings. The third-order valence-electron chi connectivity index (χ3n) is 7.02. The predicted molar refractivity (Wildman–Crippen MR) is 125 cm³/mol. The quantitative estimate of drug-likeness (QED) is 0.572. The molecule has 4 rings (SSSR count). The van der Waals surface area contributed by atoms with Crippen molar-refractivity contribution in [3.05, 3.63) is 65.2 Å². The van der Waals surface area contributed by atoms with Crippen LogP contribution in [-0.4, -0.2) is 53.5 Å². The number of nitrogens with zero attached hydrogens (tertiary/aromatic N) is 1. The van der Waals surface area contributed by atoms with Gasteiger partial charge in [-0.3, -0.25) is 14.5 Å². The van der Waals surface area contributed by atoms with E-state index in [1.54, 1.807) is 12.1 Å². The van der Waals surface area contributed by atoms with E-state index in [-0.39, 0.29) is 29.8 Å². The lowest BCUT2D eigenvalue weighted by Crippen LogP contribution is -2.44. The number of halogens is 3. The molecule has 2 aromatic carbocycles. The molecule has 9 heteroatoms. The smallest absolute Gasteiger partial charge is 0.416 e. The molecule has 6 nitrogen and oxygen atoms in total. The molecule has 0 aromatic heterocycles. The monoisotopic (exact) mass is 489 g/mol. The molecule has 2 fully saturated rings. The van der Waals surface area contributed by atoms with E-state index in [2.05, 4.69) is 15.5 Å². The number of nitrogens with one attached hydrogen (secondary N) is 2. The van der Waals surface area contributed by atoms with E-state index in [9.17, 15) is 27.9 Å². The van der Waals surface area contributed by atoms with E-state index < -0.39 is 17.6 Å². The fourth-order valence-corrected chi connectivity index (χ4v) is 5.14. The van der Waals surface area contributed by atoms with Gasteiger partial charge in [0, 0.05) is 30.7 Å². The van der Waals surface area contributed by atoms with Gasteiger partial charge in [0.1, 0.15) is 5.75 Å². The third kappa shape index (κ3) is 6.54. The van der Waals surface area contributed by atoms with Crippen molar-refractivity contribution in [1.82, 2.24) is 15.5 Å². The minimum absolute atomic E-state index is 0.0113. The Labute approximate surface area is 202 Å². The summed E-state index contributed by atoms with van der Waals surface area (Å²) in [7, 11) is 0. The Morgan fingerprint density at radius 1 is 1.00 bits per heavy atom. The van der Waals surface area contributed by atoms with Gasteiger partial charge in [-0.05, 0) is 73.9 Å². The molecule has 0 radical (unpaired) electrons. The van der Waals surface area contributed by atoms with Crippen LogP contribution in [0.15, 0.2) is 48.5 Å². The number of likely N-dealkylation sites (tertiary alicyclic amines) is 1. The summed E-state index contributed by atoms with van der Waals surface area (Å²) >= 11 is 0. The summed E-state index contributed by atoms with van der Waals surface area (Å²) in [5, 5.41) is 14.8. The topological polar surface area (TPSA) is 81.7 Å². The first kappa shape index (κ1) is 25.0. The number of carbonyl (C=O) groups excluding carboxylic acids is 2. The van der Waals surface area contributed by atoms with Crippen LogP contribution in [0.3, 0.4) is 0 Å². The zero-order valence-electron chi connectivity index (χ0n) is 19.4. The number of alkyl halides is 3. The Bertz CT molecular complexity index is 1030. The van der Waals surface area contributed by atoms with Crippen molar-refractivity contribution < 1.29 is 27.9 Å². The van der Waals surface area contributed by atoms with Crippen molar-refractivity contribution in [2.45, 2.75) is 56.3 Å². The predicted octanol–water partition coefficient (Wildman–Crippen LogP) is 4.06. The standard InChI is InChI=1S/C26H30F3N3O3/c27-26(28,29)20-3-1-2-19(14-20)25(35)30-15-24(34)31-21-12-13-32(16-21)22-8-4-17(5-9-22)18-6-10-23(33)11-7-18/h1-3,6-7,10-11,14,17,21-22,33H,4-5,8-9,12-13,15-16H2,(H,30,35)(H,31,34)/t17?,21-,22?/m1/s1. The Morgan fingerprint density at radius 3 is 2.40 bits per heavy atom. The summed E-state index contributed by atoms with van der Waals surface area (Å²) in [6, 6.07) is 12.0. The number of aromatic hydroxyl groups is 1. The minimum atomic E-state index is -4.53. The van der Waals surface area contributed by atoms with E-state index in [0.717, 1.165) is 57.3 Å². The van der Waals surface area contributed by atoms with E-state index >= 15 is 0 Å². The highest BCUT2D eigenvalue weighted by atomic mass is 19.4. The lowest BCUT2D eigenvalue weighted by Gasteiger charge is -2.35. The van der Waals surface area contributed by atoms with Gasteiger partial charge in [0.15, 0.2) is 0 Å². The third-order valence-corrected chi connectivity index (χ3v) is 7.02. The van der Waals surface area contributed by atoms with E-state index in [4.69, 9.17) is 0 Å². The van der Waals surface area contributed by atoms with Crippen molar-refractivity contribution in [2.24, 2.45) is 0 Å². The Hall–Kier alpha value is -3.07. The maximum atomic E-state index is 12.8. The van der Waals surface area contributed by atoms with Crippen molar-refractivity contribution in [3.8, 4) is 5.75 Å². The maximum absolute atomic E-state index is 12.8. The van der Waals surface area contributed by atoms with Gasteiger partial charge < -0.3 is 15.7 Å². The number of phenolic OH excluding ortho intramolecular Hbond substituents is 1. The largest absolute Gasteiger partial charge is 0.508 e. The van der Waals surface area contributed by atoms with Gasteiger partial charge in [-0.15, -0.1) is 0 Å². The second-order valence-electron chi connectivity index (χ2n) is 9.41. The molecular weight excluding hydrogens is 459 g/mol. The number of phenols is 1. The number of hydrogen-bond donors (Lipinski definition) is 3. The highest BCUT2D eigenvalue weighted by Gasteiger charge is 2.33. The number of amides is 2.